The Bertz CT molecular complexity index is 773. The number of esters is 1. The number of nitrogens with one attached hydrogen (secondary N) is 1. The third kappa shape index (κ3) is 4.79. The Morgan fingerprint density at radius 3 is 2.83 bits per heavy atom. The van der Waals surface area contributed by atoms with E-state index in [0.717, 1.165) is 5.56 Å². The predicted molar refractivity (Wildman–Crippen MR) is 104 cm³/mol. The molecule has 0 radical (unpaired) electrons. The highest BCUT2D eigenvalue weighted by Crippen LogP contribution is 2.17. The van der Waals surface area contributed by atoms with Crippen molar-refractivity contribution in [2.24, 2.45) is 5.92 Å². The molecular formula is C19H27BN2O7. The average Bonchev–Trinajstić information content (AvgIpc) is 3.25. The van der Waals surface area contributed by atoms with Gasteiger partial charge in [0.25, 0.3) is 5.91 Å². The maximum Gasteiger partial charge on any atom is 0.492 e. The quantitative estimate of drug-likeness (QED) is 0.395. The Balaban J connectivity index is 1.62. The molecule has 29 heavy (non-hydrogen) atoms. The standard InChI is InChI=1S/C19H27BN2O7/c1-11(2)16(18(24)27-8-6-22-7-9-28-19(22)25)21-17(23)14-5-4-13-10-29-20(26)15(13)12(14)3/h4-5,11,16,19,25-26H,6-10H2,1-3H3,(H,21,23)/t16-,19?/m0/s1. The van der Waals surface area contributed by atoms with Crippen molar-refractivity contribution in [1.82, 2.24) is 10.2 Å². The van der Waals surface area contributed by atoms with Gasteiger partial charge in [-0.3, -0.25) is 4.79 Å². The first kappa shape index (κ1) is 21.7. The van der Waals surface area contributed by atoms with Gasteiger partial charge in [0.05, 0.1) is 13.2 Å². The summed E-state index contributed by atoms with van der Waals surface area (Å²) in [6.07, 6.45) is -0.976. The molecule has 0 aromatic heterocycles. The fourth-order valence-corrected chi connectivity index (χ4v) is 3.54. The normalized spacial score (nSPS) is 20.1. The van der Waals surface area contributed by atoms with Crippen LogP contribution in [0, 0.1) is 12.8 Å². The van der Waals surface area contributed by atoms with Gasteiger partial charge in [0.15, 0.2) is 0 Å². The van der Waals surface area contributed by atoms with E-state index in [1.54, 1.807) is 24.0 Å². The zero-order valence-electron chi connectivity index (χ0n) is 16.9. The van der Waals surface area contributed by atoms with E-state index in [0.29, 0.717) is 42.9 Å². The smallest absolute Gasteiger partial charge is 0.463 e. The first-order valence-electron chi connectivity index (χ1n) is 9.73. The van der Waals surface area contributed by atoms with Crippen LogP contribution in [0.2, 0.25) is 0 Å². The second kappa shape index (κ2) is 9.23. The van der Waals surface area contributed by atoms with Crippen LogP contribution < -0.4 is 10.8 Å². The fraction of sp³-hybridized carbons (Fsp3) is 0.579. The van der Waals surface area contributed by atoms with Crippen LogP contribution in [0.4, 0.5) is 0 Å². The van der Waals surface area contributed by atoms with Crippen molar-refractivity contribution in [3.05, 3.63) is 28.8 Å². The van der Waals surface area contributed by atoms with E-state index in [1.165, 1.54) is 0 Å². The largest absolute Gasteiger partial charge is 0.492 e. The van der Waals surface area contributed by atoms with Crippen molar-refractivity contribution in [2.45, 2.75) is 39.8 Å². The van der Waals surface area contributed by atoms with Crippen LogP contribution in [0.1, 0.15) is 35.3 Å². The maximum absolute atomic E-state index is 12.8. The van der Waals surface area contributed by atoms with Gasteiger partial charge >= 0.3 is 13.1 Å². The zero-order chi connectivity index (χ0) is 21.1. The molecule has 2 aliphatic heterocycles. The molecule has 1 saturated heterocycles. The molecule has 1 unspecified atom stereocenters. The second-order valence-electron chi connectivity index (χ2n) is 7.57. The number of benzene rings is 1. The molecule has 3 N–H and O–H groups in total. The molecule has 3 rings (SSSR count). The summed E-state index contributed by atoms with van der Waals surface area (Å²) in [5.74, 6) is -1.13. The minimum atomic E-state index is -1.05. The molecule has 158 valence electrons. The van der Waals surface area contributed by atoms with Gasteiger partial charge in [0, 0.05) is 18.7 Å². The number of hydrogen-bond acceptors (Lipinski definition) is 8. The number of nitrogens with zero attached hydrogens (tertiary/aromatic N) is 1. The van der Waals surface area contributed by atoms with Gasteiger partial charge in [-0.05, 0) is 35.5 Å². The van der Waals surface area contributed by atoms with Crippen LogP contribution in [-0.4, -0.2) is 72.8 Å². The number of carbonyl (C=O) groups excluding carboxylic acids is 2. The van der Waals surface area contributed by atoms with Gasteiger partial charge in [-0.15, -0.1) is 0 Å². The highest BCUT2D eigenvalue weighted by molar-refractivity contribution is 6.62. The lowest BCUT2D eigenvalue weighted by molar-refractivity contribution is -0.154. The second-order valence-corrected chi connectivity index (χ2v) is 7.57. The highest BCUT2D eigenvalue weighted by Gasteiger charge is 2.33. The molecule has 2 heterocycles. The number of hydrogen-bond donors (Lipinski definition) is 3. The summed E-state index contributed by atoms with van der Waals surface area (Å²) >= 11 is 0. The third-order valence-corrected chi connectivity index (χ3v) is 5.28. The Morgan fingerprint density at radius 1 is 1.41 bits per heavy atom. The van der Waals surface area contributed by atoms with E-state index in [-0.39, 0.29) is 12.5 Å². The van der Waals surface area contributed by atoms with Crippen LogP contribution in [-0.2, 0) is 25.5 Å². The molecule has 9 nitrogen and oxygen atoms in total. The Hall–Kier alpha value is -1.98. The van der Waals surface area contributed by atoms with Crippen molar-refractivity contribution < 1.29 is 33.8 Å². The summed E-state index contributed by atoms with van der Waals surface area (Å²) in [5.41, 5.74) is 2.46. The first-order chi connectivity index (χ1) is 13.8. The predicted octanol–water partition coefficient (Wildman–Crippen LogP) is -0.882. The van der Waals surface area contributed by atoms with Crippen molar-refractivity contribution in [2.75, 3.05) is 26.3 Å². The van der Waals surface area contributed by atoms with E-state index in [2.05, 4.69) is 5.32 Å². The van der Waals surface area contributed by atoms with E-state index in [1.807, 2.05) is 13.8 Å². The SMILES string of the molecule is Cc1c(C(=O)N[C@H](C(=O)OCCN2CCOC2O)C(C)C)ccc2c1B(O)OC2. The highest BCUT2D eigenvalue weighted by atomic mass is 16.6. The number of aliphatic hydroxyl groups excluding tert-OH is 1. The maximum atomic E-state index is 12.8. The van der Waals surface area contributed by atoms with Crippen LogP contribution in [0.15, 0.2) is 12.1 Å². The lowest BCUT2D eigenvalue weighted by Gasteiger charge is -2.23. The number of aliphatic hydroxyl groups is 1. The third-order valence-electron chi connectivity index (χ3n) is 5.28. The summed E-state index contributed by atoms with van der Waals surface area (Å²) < 4.78 is 15.5. The van der Waals surface area contributed by atoms with E-state index in [4.69, 9.17) is 14.1 Å². The van der Waals surface area contributed by atoms with E-state index >= 15 is 0 Å². The van der Waals surface area contributed by atoms with Gasteiger partial charge in [0.2, 0.25) is 6.41 Å². The fourth-order valence-electron chi connectivity index (χ4n) is 3.54. The minimum absolute atomic E-state index is 0.0831. The Labute approximate surface area is 170 Å². The molecule has 1 fully saturated rings. The van der Waals surface area contributed by atoms with Crippen molar-refractivity contribution in [1.29, 1.82) is 0 Å². The molecule has 10 heteroatoms. The van der Waals surface area contributed by atoms with Gasteiger partial charge in [-0.1, -0.05) is 19.9 Å². The molecule has 0 bridgehead atoms. The average molecular weight is 406 g/mol. The van der Waals surface area contributed by atoms with Gasteiger partial charge in [-0.25, -0.2) is 9.69 Å². The minimum Gasteiger partial charge on any atom is -0.463 e. The number of amides is 1. The molecule has 1 aromatic rings. The molecule has 1 amide bonds. The number of fused-ring (bicyclic) bond motifs is 1. The van der Waals surface area contributed by atoms with E-state index < -0.39 is 31.5 Å². The van der Waals surface area contributed by atoms with Crippen LogP contribution in [0.25, 0.3) is 0 Å². The summed E-state index contributed by atoms with van der Waals surface area (Å²) in [6.45, 7) is 7.10. The van der Waals surface area contributed by atoms with Gasteiger partial charge in [0.1, 0.15) is 12.6 Å². The van der Waals surface area contributed by atoms with Crippen LogP contribution in [0.5, 0.6) is 0 Å². The monoisotopic (exact) mass is 406 g/mol. The number of ether oxygens (including phenoxy) is 2. The molecular weight excluding hydrogens is 379 g/mol. The molecule has 0 spiro atoms. The molecule has 2 aliphatic rings. The topological polar surface area (TPSA) is 118 Å². The van der Waals surface area contributed by atoms with Crippen LogP contribution in [0.3, 0.4) is 0 Å². The Morgan fingerprint density at radius 2 is 2.17 bits per heavy atom. The van der Waals surface area contributed by atoms with Gasteiger partial charge in [-0.2, -0.15) is 0 Å². The van der Waals surface area contributed by atoms with E-state index in [9.17, 15) is 19.7 Å². The summed E-state index contributed by atoms with van der Waals surface area (Å²) in [4.78, 5) is 27.0. The molecule has 0 saturated carbocycles. The van der Waals surface area contributed by atoms with Crippen molar-refractivity contribution >= 4 is 24.5 Å². The van der Waals surface area contributed by atoms with Crippen molar-refractivity contribution in [3.63, 3.8) is 0 Å². The van der Waals surface area contributed by atoms with Gasteiger partial charge < -0.3 is 29.6 Å². The zero-order valence-corrected chi connectivity index (χ0v) is 16.9. The molecule has 0 aliphatic carbocycles. The summed E-state index contributed by atoms with van der Waals surface area (Å²) in [5, 5.41) is 22.3. The first-order valence-corrected chi connectivity index (χ1v) is 9.73. The molecule has 1 aromatic carbocycles. The number of rotatable bonds is 7. The summed E-state index contributed by atoms with van der Waals surface area (Å²) in [7, 11) is -1.05. The Kier molecular flexibility index (Phi) is 6.91. The lowest BCUT2D eigenvalue weighted by atomic mass is 9.75. The van der Waals surface area contributed by atoms with Crippen molar-refractivity contribution in [3.8, 4) is 0 Å². The number of carbonyl (C=O) groups is 2. The molecule has 2 atom stereocenters. The lowest BCUT2D eigenvalue weighted by Crippen LogP contribution is -2.46. The van der Waals surface area contributed by atoms with Crippen LogP contribution >= 0.6 is 0 Å². The summed E-state index contributed by atoms with van der Waals surface area (Å²) in [6, 6.07) is 2.60.